The Balaban J connectivity index is 2.18. The van der Waals surface area contributed by atoms with Gasteiger partial charge in [0.1, 0.15) is 0 Å². The summed E-state index contributed by atoms with van der Waals surface area (Å²) in [5.41, 5.74) is 0.377. The van der Waals surface area contributed by atoms with Crippen LogP contribution in [0.25, 0.3) is 0 Å². The van der Waals surface area contributed by atoms with E-state index >= 15 is 0 Å². The average Bonchev–Trinajstić information content (AvgIpc) is 2.33. The minimum absolute atomic E-state index is 0.366. The third-order valence-corrected chi connectivity index (χ3v) is 3.02. The van der Waals surface area contributed by atoms with Crippen LogP contribution in [0.2, 0.25) is 0 Å². The van der Waals surface area contributed by atoms with Crippen LogP contribution >= 0.6 is 15.9 Å². The fourth-order valence-corrected chi connectivity index (χ4v) is 1.89. The topological polar surface area (TPSA) is 54.9 Å². The smallest absolute Gasteiger partial charge is 0.299 e. The maximum Gasteiger partial charge on any atom is 0.328 e. The number of aryl methyl sites for hydroxylation is 2. The van der Waals surface area contributed by atoms with Crippen molar-refractivity contribution in [2.45, 2.75) is 13.0 Å². The van der Waals surface area contributed by atoms with Gasteiger partial charge < -0.3 is 0 Å². The summed E-state index contributed by atoms with van der Waals surface area (Å²) in [7, 11) is 0. The molecule has 0 radical (unpaired) electrons. The molecule has 0 amide bonds. The highest BCUT2D eigenvalue weighted by Gasteiger charge is 2.01. The minimum Gasteiger partial charge on any atom is -0.299 e. The number of halogens is 1. The zero-order valence-corrected chi connectivity index (χ0v) is 10.6. The minimum atomic E-state index is -0.397. The summed E-state index contributed by atoms with van der Waals surface area (Å²) in [5, 5.41) is 0. The standard InChI is InChI=1S/C12H11BrN2O2/c13-10-8-15(12(17)14-11(10)16)7-6-9-4-2-1-3-5-9/h1-5,8H,6-7H2,(H,14,16,17). The molecule has 0 aliphatic carbocycles. The van der Waals surface area contributed by atoms with Crippen molar-refractivity contribution in [1.29, 1.82) is 0 Å². The molecule has 0 bridgehead atoms. The number of hydrogen-bond donors (Lipinski definition) is 1. The van der Waals surface area contributed by atoms with E-state index in [1.165, 1.54) is 10.8 Å². The summed E-state index contributed by atoms with van der Waals surface area (Å²) in [6.07, 6.45) is 2.27. The molecule has 2 aromatic rings. The van der Waals surface area contributed by atoms with E-state index < -0.39 is 5.56 Å². The maximum absolute atomic E-state index is 11.5. The molecular weight excluding hydrogens is 284 g/mol. The lowest BCUT2D eigenvalue weighted by atomic mass is 10.1. The lowest BCUT2D eigenvalue weighted by Crippen LogP contribution is -2.30. The first-order chi connectivity index (χ1) is 8.16. The molecule has 4 nitrogen and oxygen atoms in total. The number of H-pyrrole nitrogens is 1. The van der Waals surface area contributed by atoms with E-state index in [4.69, 9.17) is 0 Å². The van der Waals surface area contributed by atoms with Gasteiger partial charge in [0, 0.05) is 12.7 Å². The third-order valence-electron chi connectivity index (χ3n) is 2.45. The van der Waals surface area contributed by atoms with Crippen molar-refractivity contribution >= 4 is 15.9 Å². The van der Waals surface area contributed by atoms with Crippen molar-refractivity contribution in [1.82, 2.24) is 9.55 Å². The van der Waals surface area contributed by atoms with Gasteiger partial charge in [-0.1, -0.05) is 30.3 Å². The first-order valence-corrected chi connectivity index (χ1v) is 5.99. The first-order valence-electron chi connectivity index (χ1n) is 5.20. The number of rotatable bonds is 3. The van der Waals surface area contributed by atoms with Crippen LogP contribution in [-0.2, 0) is 13.0 Å². The van der Waals surface area contributed by atoms with E-state index in [2.05, 4.69) is 20.9 Å². The number of aromatic nitrogens is 2. The Hall–Kier alpha value is -1.62. The van der Waals surface area contributed by atoms with Gasteiger partial charge in [0.2, 0.25) is 0 Å². The monoisotopic (exact) mass is 294 g/mol. The van der Waals surface area contributed by atoms with Crippen LogP contribution < -0.4 is 11.2 Å². The Bertz CT molecular complexity index is 616. The number of nitrogens with one attached hydrogen (secondary N) is 1. The molecular formula is C12H11BrN2O2. The normalized spacial score (nSPS) is 10.4. The molecule has 0 unspecified atom stereocenters. The lowest BCUT2D eigenvalue weighted by molar-refractivity contribution is 0.642. The van der Waals surface area contributed by atoms with Crippen molar-refractivity contribution in [3.05, 3.63) is 67.4 Å². The van der Waals surface area contributed by atoms with E-state index in [1.807, 2.05) is 30.3 Å². The first kappa shape index (κ1) is 11.9. The Morgan fingerprint density at radius 2 is 1.88 bits per heavy atom. The summed E-state index contributed by atoms with van der Waals surface area (Å²) >= 11 is 3.10. The van der Waals surface area contributed by atoms with E-state index in [-0.39, 0.29) is 5.69 Å². The van der Waals surface area contributed by atoms with Gasteiger partial charge in [-0.3, -0.25) is 14.3 Å². The fraction of sp³-hybridized carbons (Fsp3) is 0.167. The Kier molecular flexibility index (Phi) is 3.58. The van der Waals surface area contributed by atoms with Gasteiger partial charge in [-0.2, -0.15) is 0 Å². The molecule has 5 heteroatoms. The van der Waals surface area contributed by atoms with Crippen LogP contribution in [0.1, 0.15) is 5.56 Å². The van der Waals surface area contributed by atoms with Crippen LogP contribution in [0, 0.1) is 0 Å². The molecule has 88 valence electrons. The SMILES string of the molecule is O=c1[nH]c(=O)n(CCc2ccccc2)cc1Br. The molecule has 1 aromatic carbocycles. The second-order valence-electron chi connectivity index (χ2n) is 3.67. The van der Waals surface area contributed by atoms with Gasteiger partial charge in [0.25, 0.3) is 5.56 Å². The maximum atomic E-state index is 11.5. The summed E-state index contributed by atoms with van der Waals surface area (Å²) in [5.74, 6) is 0. The summed E-state index contributed by atoms with van der Waals surface area (Å²) in [6.45, 7) is 0.540. The van der Waals surface area contributed by atoms with Crippen LogP contribution in [-0.4, -0.2) is 9.55 Å². The molecule has 0 aliphatic rings. The zero-order chi connectivity index (χ0) is 12.3. The van der Waals surface area contributed by atoms with Gasteiger partial charge in [-0.25, -0.2) is 4.79 Å². The summed E-state index contributed by atoms with van der Waals surface area (Å²) in [4.78, 5) is 24.9. The molecule has 1 aromatic heterocycles. The van der Waals surface area contributed by atoms with Crippen LogP contribution in [0.4, 0.5) is 0 Å². The van der Waals surface area contributed by atoms with Gasteiger partial charge in [-0.15, -0.1) is 0 Å². The second kappa shape index (κ2) is 5.14. The third kappa shape index (κ3) is 2.94. The molecule has 0 saturated carbocycles. The van der Waals surface area contributed by atoms with Crippen molar-refractivity contribution in [3.63, 3.8) is 0 Å². The van der Waals surface area contributed by atoms with E-state index in [0.717, 1.165) is 12.0 Å². The van der Waals surface area contributed by atoms with Crippen molar-refractivity contribution in [2.24, 2.45) is 0 Å². The number of hydrogen-bond acceptors (Lipinski definition) is 2. The predicted molar refractivity (Wildman–Crippen MR) is 69.2 cm³/mol. The fourth-order valence-electron chi connectivity index (χ4n) is 1.54. The van der Waals surface area contributed by atoms with Crippen LogP contribution in [0.3, 0.4) is 0 Å². The Morgan fingerprint density at radius 3 is 2.59 bits per heavy atom. The second-order valence-corrected chi connectivity index (χ2v) is 4.52. The molecule has 2 rings (SSSR count). The van der Waals surface area contributed by atoms with Gasteiger partial charge >= 0.3 is 5.69 Å². The Labute approximate surface area is 106 Å². The zero-order valence-electron chi connectivity index (χ0n) is 9.02. The van der Waals surface area contributed by atoms with Gasteiger partial charge in [-0.05, 0) is 27.9 Å². The highest BCUT2D eigenvalue weighted by atomic mass is 79.9. The number of nitrogens with zero attached hydrogens (tertiary/aromatic N) is 1. The summed E-state index contributed by atoms with van der Waals surface area (Å²) in [6, 6.07) is 9.88. The lowest BCUT2D eigenvalue weighted by Gasteiger charge is -2.05. The van der Waals surface area contributed by atoms with Crippen LogP contribution in [0.5, 0.6) is 0 Å². The number of benzene rings is 1. The van der Waals surface area contributed by atoms with Gasteiger partial charge in [0.15, 0.2) is 0 Å². The van der Waals surface area contributed by atoms with Crippen molar-refractivity contribution in [3.8, 4) is 0 Å². The Morgan fingerprint density at radius 1 is 1.18 bits per heavy atom. The molecule has 0 spiro atoms. The molecule has 0 saturated heterocycles. The molecule has 1 heterocycles. The van der Waals surface area contributed by atoms with E-state index in [0.29, 0.717) is 11.0 Å². The summed E-state index contributed by atoms with van der Waals surface area (Å²) < 4.78 is 1.85. The predicted octanol–water partition coefficient (Wildman–Crippen LogP) is 1.54. The molecule has 0 atom stereocenters. The van der Waals surface area contributed by atoms with E-state index in [9.17, 15) is 9.59 Å². The largest absolute Gasteiger partial charge is 0.328 e. The van der Waals surface area contributed by atoms with Crippen molar-refractivity contribution < 1.29 is 0 Å². The highest BCUT2D eigenvalue weighted by molar-refractivity contribution is 9.10. The molecule has 0 aliphatic heterocycles. The van der Waals surface area contributed by atoms with Gasteiger partial charge in [0.05, 0.1) is 4.47 Å². The molecule has 17 heavy (non-hydrogen) atoms. The molecule has 0 fully saturated rings. The quantitative estimate of drug-likeness (QED) is 0.934. The highest BCUT2D eigenvalue weighted by Crippen LogP contribution is 2.02. The van der Waals surface area contributed by atoms with Crippen LogP contribution in [0.15, 0.2) is 50.6 Å². The van der Waals surface area contributed by atoms with E-state index in [1.54, 1.807) is 0 Å². The van der Waals surface area contributed by atoms with Crippen molar-refractivity contribution in [2.75, 3.05) is 0 Å². The number of aromatic amines is 1. The average molecular weight is 295 g/mol. The molecule has 1 N–H and O–H groups in total.